The molecule has 0 fully saturated rings. The van der Waals surface area contributed by atoms with Gasteiger partial charge in [-0.2, -0.15) is 10.2 Å². The van der Waals surface area contributed by atoms with Gasteiger partial charge in [-0.1, -0.05) is 29.8 Å². The van der Waals surface area contributed by atoms with E-state index in [-0.39, 0.29) is 18.2 Å². The first kappa shape index (κ1) is 40.3. The number of nitrogens with zero attached hydrogens (tertiary/aromatic N) is 5. The minimum absolute atomic E-state index is 0.00995. The summed E-state index contributed by atoms with van der Waals surface area (Å²) < 4.78 is 30.3. The molecule has 0 saturated carbocycles. The van der Waals surface area contributed by atoms with Crippen LogP contribution in [0.1, 0.15) is 50.8 Å². The molecular weight excluding hydrogens is 785 g/mol. The highest BCUT2D eigenvalue weighted by molar-refractivity contribution is 7.98. The number of esters is 1. The zero-order valence-corrected chi connectivity index (χ0v) is 34.7. The quantitative estimate of drug-likeness (QED) is 0.0771. The van der Waals surface area contributed by atoms with E-state index in [1.165, 1.54) is 19.2 Å². The Balaban J connectivity index is 1.21. The summed E-state index contributed by atoms with van der Waals surface area (Å²) >= 11 is 10.4. The molecule has 0 amide bonds. The van der Waals surface area contributed by atoms with Gasteiger partial charge in [0.05, 0.1) is 48.4 Å². The van der Waals surface area contributed by atoms with Crippen molar-refractivity contribution in [2.75, 3.05) is 20.8 Å². The molecule has 7 aromatic rings. The lowest BCUT2D eigenvalue weighted by molar-refractivity contribution is 0.0589. The van der Waals surface area contributed by atoms with Crippen molar-refractivity contribution >= 4 is 62.8 Å². The Morgan fingerprint density at radius 3 is 2.44 bits per heavy atom. The molecule has 7 rings (SSSR count). The SMILES string of the molecule is COC(=O)c1c(CCCO)c2ccc(Cl)c(-c3c(C)nn(Cc4ccc(OC)cc4)c3CSCc3cc(CSc4cc(O)c5ccc(F)cc5c4)n(C)n3)c2n1C. The number of phenolic OH excluding ortho intramolecular Hbond substituents is 1. The van der Waals surface area contributed by atoms with E-state index >= 15 is 0 Å². The fourth-order valence-electron chi connectivity index (χ4n) is 7.40. The Hall–Kier alpha value is -4.95. The summed E-state index contributed by atoms with van der Waals surface area (Å²) in [4.78, 5) is 14.0. The highest BCUT2D eigenvalue weighted by Crippen LogP contribution is 2.43. The number of hydrogen-bond donors (Lipinski definition) is 2. The molecule has 296 valence electrons. The summed E-state index contributed by atoms with van der Waals surface area (Å²) in [5, 5.41) is 32.8. The van der Waals surface area contributed by atoms with E-state index in [0.29, 0.717) is 58.1 Å². The van der Waals surface area contributed by atoms with Crippen molar-refractivity contribution in [3.05, 3.63) is 123 Å². The van der Waals surface area contributed by atoms with Crippen LogP contribution in [0.3, 0.4) is 0 Å². The molecule has 0 saturated heterocycles. The number of phenols is 1. The first-order valence-corrected chi connectivity index (χ1v) is 20.9. The third kappa shape index (κ3) is 8.25. The average Bonchev–Trinajstić information content (AvgIpc) is 3.81. The molecule has 4 aromatic carbocycles. The lowest BCUT2D eigenvalue weighted by atomic mass is 9.98. The number of thioether (sulfide) groups is 2. The van der Waals surface area contributed by atoms with Crippen molar-refractivity contribution in [2.24, 2.45) is 14.1 Å². The van der Waals surface area contributed by atoms with Gasteiger partial charge in [-0.3, -0.25) is 9.36 Å². The number of methoxy groups -OCH3 is 2. The van der Waals surface area contributed by atoms with Crippen LogP contribution >= 0.6 is 35.1 Å². The van der Waals surface area contributed by atoms with Gasteiger partial charge in [0.1, 0.15) is 23.0 Å². The number of rotatable bonds is 15. The molecule has 0 aliphatic rings. The van der Waals surface area contributed by atoms with Crippen LogP contribution in [0.5, 0.6) is 11.5 Å². The van der Waals surface area contributed by atoms with Crippen LogP contribution in [0.4, 0.5) is 4.39 Å². The van der Waals surface area contributed by atoms with Crippen LogP contribution < -0.4 is 4.74 Å². The van der Waals surface area contributed by atoms with Gasteiger partial charge in [0.2, 0.25) is 0 Å². The molecule has 10 nitrogen and oxygen atoms in total. The maximum Gasteiger partial charge on any atom is 0.354 e. The number of hydrogen-bond acceptors (Lipinski definition) is 9. The number of halogens is 2. The second-order valence-corrected chi connectivity index (χ2v) is 16.2. The molecule has 57 heavy (non-hydrogen) atoms. The Labute approximate surface area is 343 Å². The number of ether oxygens (including phenoxy) is 2. The van der Waals surface area contributed by atoms with Crippen molar-refractivity contribution < 1.29 is 28.9 Å². The molecule has 0 atom stereocenters. The summed E-state index contributed by atoms with van der Waals surface area (Å²) in [6.45, 7) is 2.48. The number of fused-ring (bicyclic) bond motifs is 2. The topological polar surface area (TPSA) is 117 Å². The number of aromatic hydroxyl groups is 1. The summed E-state index contributed by atoms with van der Waals surface area (Å²) in [7, 11) is 6.78. The van der Waals surface area contributed by atoms with Crippen molar-refractivity contribution in [1.82, 2.24) is 24.1 Å². The molecule has 14 heteroatoms. The second kappa shape index (κ2) is 17.3. The summed E-state index contributed by atoms with van der Waals surface area (Å²) in [6.07, 6.45) is 0.983. The molecule has 3 heterocycles. The normalized spacial score (nSPS) is 11.6. The van der Waals surface area contributed by atoms with Crippen LogP contribution in [0.15, 0.2) is 77.7 Å². The smallest absolute Gasteiger partial charge is 0.354 e. The lowest BCUT2D eigenvalue weighted by Gasteiger charge is -2.14. The van der Waals surface area contributed by atoms with Crippen LogP contribution in [0, 0.1) is 12.7 Å². The number of aliphatic hydroxyl groups is 1. The van der Waals surface area contributed by atoms with Crippen LogP contribution in [0.2, 0.25) is 5.02 Å². The van der Waals surface area contributed by atoms with Crippen molar-refractivity contribution in [2.45, 2.75) is 48.5 Å². The minimum Gasteiger partial charge on any atom is -0.507 e. The zero-order valence-electron chi connectivity index (χ0n) is 32.3. The Morgan fingerprint density at radius 2 is 1.70 bits per heavy atom. The van der Waals surface area contributed by atoms with E-state index < -0.39 is 5.97 Å². The first-order valence-electron chi connectivity index (χ1n) is 18.3. The summed E-state index contributed by atoms with van der Waals surface area (Å²) in [5.41, 5.74) is 8.46. The van der Waals surface area contributed by atoms with Crippen molar-refractivity contribution in [3.63, 3.8) is 0 Å². The van der Waals surface area contributed by atoms with E-state index in [2.05, 4.69) is 6.07 Å². The molecular formula is C43H43ClFN5O5S2. The predicted octanol–water partition coefficient (Wildman–Crippen LogP) is 9.23. The van der Waals surface area contributed by atoms with E-state index in [1.807, 2.05) is 77.4 Å². The monoisotopic (exact) mass is 827 g/mol. The largest absolute Gasteiger partial charge is 0.507 e. The molecule has 0 aliphatic heterocycles. The van der Waals surface area contributed by atoms with Gasteiger partial charge in [-0.15, -0.1) is 23.5 Å². The van der Waals surface area contributed by atoms with Gasteiger partial charge >= 0.3 is 5.97 Å². The third-order valence-corrected chi connectivity index (χ3v) is 12.4. The lowest BCUT2D eigenvalue weighted by Crippen LogP contribution is -2.10. The summed E-state index contributed by atoms with van der Waals surface area (Å²) in [6, 6.07) is 21.8. The molecule has 0 radical (unpaired) electrons. The maximum absolute atomic E-state index is 13.9. The first-order chi connectivity index (χ1) is 27.5. The van der Waals surface area contributed by atoms with Gasteiger partial charge in [0.15, 0.2) is 0 Å². The van der Waals surface area contributed by atoms with Gasteiger partial charge < -0.3 is 24.3 Å². The number of aliphatic hydroxyl groups excluding tert-OH is 1. The highest BCUT2D eigenvalue weighted by atomic mass is 35.5. The number of carbonyl (C=O) groups is 1. The highest BCUT2D eigenvalue weighted by Gasteiger charge is 2.28. The molecule has 0 aliphatic carbocycles. The molecule has 0 unspecified atom stereocenters. The third-order valence-electron chi connectivity index (χ3n) is 10.1. The average molecular weight is 828 g/mol. The standard InChI is InChI=1S/C43H43ClFN5O5S2/c1-25-39(40-36(44)15-14-35-34(7-6-16-51)42(43(53)55-5)48(2)41(35)40)37(50(46-25)21-26-8-11-31(54-4)12-9-26)24-56-22-29-19-30(49(3)47-29)23-57-32-18-27-17-28(45)10-13-33(27)38(52)20-32/h8-15,17-20,51-52H,6-7,16,21-24H2,1-5H3. The van der Waals surface area contributed by atoms with Crippen LogP contribution in [-0.2, 0) is 49.1 Å². The van der Waals surface area contributed by atoms with E-state index in [4.69, 9.17) is 31.3 Å². The van der Waals surface area contributed by atoms with E-state index in [1.54, 1.807) is 42.8 Å². The van der Waals surface area contributed by atoms with Gasteiger partial charge in [0, 0.05) is 70.4 Å². The minimum atomic E-state index is -0.453. The van der Waals surface area contributed by atoms with Crippen molar-refractivity contribution in [3.8, 4) is 22.6 Å². The number of aromatic nitrogens is 5. The molecule has 0 spiro atoms. The molecule has 3 aromatic heterocycles. The van der Waals surface area contributed by atoms with E-state index in [0.717, 1.165) is 66.6 Å². The van der Waals surface area contributed by atoms with Crippen molar-refractivity contribution in [1.29, 1.82) is 0 Å². The molecule has 0 bridgehead atoms. The fraction of sp³-hybridized carbons (Fsp3) is 0.279. The van der Waals surface area contributed by atoms with Crippen LogP contribution in [0.25, 0.3) is 32.8 Å². The van der Waals surface area contributed by atoms with Crippen LogP contribution in [-0.4, -0.2) is 61.1 Å². The van der Waals surface area contributed by atoms with Gasteiger partial charge in [-0.25, -0.2) is 9.18 Å². The number of carbonyl (C=O) groups excluding carboxylic acids is 1. The Kier molecular flexibility index (Phi) is 12.2. The second-order valence-electron chi connectivity index (χ2n) is 13.8. The fourth-order valence-corrected chi connectivity index (χ4v) is 9.58. The Morgan fingerprint density at radius 1 is 0.930 bits per heavy atom. The maximum atomic E-state index is 13.9. The van der Waals surface area contributed by atoms with E-state index in [9.17, 15) is 19.4 Å². The Bertz CT molecular complexity index is 2600. The van der Waals surface area contributed by atoms with Gasteiger partial charge in [-0.05, 0) is 90.9 Å². The number of aryl methyl sites for hydroxylation is 4. The predicted molar refractivity (Wildman–Crippen MR) is 226 cm³/mol. The van der Waals surface area contributed by atoms with Gasteiger partial charge in [0.25, 0.3) is 0 Å². The molecule has 2 N–H and O–H groups in total. The zero-order chi connectivity index (χ0) is 40.4. The number of benzene rings is 4. The summed E-state index contributed by atoms with van der Waals surface area (Å²) in [5.74, 6) is 1.91.